The highest BCUT2D eigenvalue weighted by Gasteiger charge is 2.16. The van der Waals surface area contributed by atoms with Crippen LogP contribution in [0.4, 0.5) is 22.0 Å². The van der Waals surface area contributed by atoms with Crippen molar-refractivity contribution in [2.75, 3.05) is 22.9 Å². The van der Waals surface area contributed by atoms with Gasteiger partial charge in [-0.25, -0.2) is 9.78 Å². The van der Waals surface area contributed by atoms with E-state index in [1.807, 2.05) is 0 Å². The molecule has 0 aromatic carbocycles. The molecule has 0 saturated carbocycles. The highest BCUT2D eigenvalue weighted by atomic mass is 35.5. The average molecular weight is 231 g/mol. The van der Waals surface area contributed by atoms with E-state index in [9.17, 15) is 4.79 Å². The Morgan fingerprint density at radius 1 is 1.67 bits per heavy atom. The highest BCUT2D eigenvalue weighted by molar-refractivity contribution is 6.32. The molecule has 1 aromatic rings. The number of rotatable bonds is 2. The van der Waals surface area contributed by atoms with E-state index >= 15 is 0 Å². The summed E-state index contributed by atoms with van der Waals surface area (Å²) in [5, 5.41) is 8.85. The van der Waals surface area contributed by atoms with Crippen molar-refractivity contribution in [3.8, 4) is 0 Å². The SMILES string of the molecule is CCN(C(=O)O)c1cc(N)c(N)c(Cl)n1. The normalized spacial score (nSPS) is 10.0. The summed E-state index contributed by atoms with van der Waals surface area (Å²) in [7, 11) is 0. The van der Waals surface area contributed by atoms with E-state index in [4.69, 9.17) is 28.2 Å². The monoisotopic (exact) mass is 230 g/mol. The van der Waals surface area contributed by atoms with E-state index in [0.717, 1.165) is 4.90 Å². The lowest BCUT2D eigenvalue weighted by Gasteiger charge is -2.17. The predicted molar refractivity (Wildman–Crippen MR) is 59.1 cm³/mol. The van der Waals surface area contributed by atoms with Crippen molar-refractivity contribution in [1.82, 2.24) is 4.98 Å². The van der Waals surface area contributed by atoms with E-state index < -0.39 is 6.09 Å². The van der Waals surface area contributed by atoms with Gasteiger partial charge in [0.15, 0.2) is 5.15 Å². The first-order valence-electron chi connectivity index (χ1n) is 4.19. The van der Waals surface area contributed by atoms with Crippen LogP contribution in [-0.2, 0) is 0 Å². The Morgan fingerprint density at radius 2 is 2.27 bits per heavy atom. The zero-order valence-electron chi connectivity index (χ0n) is 8.07. The smallest absolute Gasteiger partial charge is 0.413 e. The molecular formula is C8H11ClN4O2. The van der Waals surface area contributed by atoms with Gasteiger partial charge in [0.2, 0.25) is 0 Å². The molecule has 1 amide bonds. The van der Waals surface area contributed by atoms with Crippen LogP contribution in [0.1, 0.15) is 6.92 Å². The first-order valence-corrected chi connectivity index (χ1v) is 4.57. The van der Waals surface area contributed by atoms with Crippen molar-refractivity contribution in [2.24, 2.45) is 0 Å². The van der Waals surface area contributed by atoms with Gasteiger partial charge in [0.25, 0.3) is 0 Å². The minimum atomic E-state index is -1.12. The summed E-state index contributed by atoms with van der Waals surface area (Å²) < 4.78 is 0. The van der Waals surface area contributed by atoms with Crippen LogP contribution < -0.4 is 16.4 Å². The summed E-state index contributed by atoms with van der Waals surface area (Å²) in [5.74, 6) is 0.168. The van der Waals surface area contributed by atoms with Crippen LogP contribution in [0.3, 0.4) is 0 Å². The molecule has 15 heavy (non-hydrogen) atoms. The number of hydrogen-bond donors (Lipinski definition) is 3. The van der Waals surface area contributed by atoms with Gasteiger partial charge in [0.1, 0.15) is 5.82 Å². The van der Waals surface area contributed by atoms with Crippen LogP contribution >= 0.6 is 11.6 Å². The maximum atomic E-state index is 10.8. The lowest BCUT2D eigenvalue weighted by atomic mass is 10.3. The Labute approximate surface area is 91.4 Å². The van der Waals surface area contributed by atoms with Gasteiger partial charge in [-0.1, -0.05) is 11.6 Å². The van der Waals surface area contributed by atoms with Crippen LogP contribution in [0.15, 0.2) is 6.07 Å². The quantitative estimate of drug-likeness (QED) is 0.666. The Morgan fingerprint density at radius 3 is 2.67 bits per heavy atom. The molecule has 0 unspecified atom stereocenters. The summed E-state index contributed by atoms with van der Waals surface area (Å²) in [4.78, 5) is 15.7. The lowest BCUT2D eigenvalue weighted by Crippen LogP contribution is -2.29. The average Bonchev–Trinajstić information content (AvgIpc) is 2.14. The van der Waals surface area contributed by atoms with Crippen LogP contribution in [0.5, 0.6) is 0 Å². The van der Waals surface area contributed by atoms with Crippen LogP contribution in [-0.4, -0.2) is 22.7 Å². The molecular weight excluding hydrogens is 220 g/mol. The van der Waals surface area contributed by atoms with Gasteiger partial charge in [0.05, 0.1) is 11.4 Å². The molecule has 0 spiro atoms. The minimum Gasteiger partial charge on any atom is -0.465 e. The first kappa shape index (κ1) is 11.4. The first-order chi connectivity index (χ1) is 6.97. The molecule has 7 heteroatoms. The van der Waals surface area contributed by atoms with E-state index in [1.54, 1.807) is 6.92 Å². The Bertz CT molecular complexity index is 373. The van der Waals surface area contributed by atoms with Crippen molar-refractivity contribution >= 4 is 34.9 Å². The number of nitrogens with two attached hydrogens (primary N) is 2. The van der Waals surface area contributed by atoms with E-state index in [-0.39, 0.29) is 28.9 Å². The molecule has 5 N–H and O–H groups in total. The molecule has 1 aromatic heterocycles. The second-order valence-corrected chi connectivity index (χ2v) is 3.16. The number of nitrogen functional groups attached to an aromatic ring is 2. The van der Waals surface area contributed by atoms with Gasteiger partial charge < -0.3 is 16.6 Å². The summed E-state index contributed by atoms with van der Waals surface area (Å²) in [6, 6.07) is 1.37. The third-order valence-corrected chi connectivity index (χ3v) is 2.14. The second-order valence-electron chi connectivity index (χ2n) is 2.80. The van der Waals surface area contributed by atoms with E-state index in [2.05, 4.69) is 4.98 Å². The number of amides is 1. The minimum absolute atomic E-state index is 0.00435. The van der Waals surface area contributed by atoms with Crippen molar-refractivity contribution in [3.63, 3.8) is 0 Å². The zero-order chi connectivity index (χ0) is 11.6. The number of anilines is 3. The van der Waals surface area contributed by atoms with Gasteiger partial charge in [-0.15, -0.1) is 0 Å². The third kappa shape index (κ3) is 2.21. The maximum Gasteiger partial charge on any atom is 0.413 e. The molecule has 82 valence electrons. The molecule has 0 bridgehead atoms. The van der Waals surface area contributed by atoms with Gasteiger partial charge in [-0.05, 0) is 6.92 Å². The van der Waals surface area contributed by atoms with Crippen LogP contribution in [0, 0.1) is 0 Å². The Balaban J connectivity index is 3.20. The maximum absolute atomic E-state index is 10.8. The number of carboxylic acid groups (broad SMARTS) is 1. The van der Waals surface area contributed by atoms with Crippen LogP contribution in [0.25, 0.3) is 0 Å². The number of halogens is 1. The number of pyridine rings is 1. The largest absolute Gasteiger partial charge is 0.465 e. The van der Waals surface area contributed by atoms with Gasteiger partial charge >= 0.3 is 6.09 Å². The highest BCUT2D eigenvalue weighted by Crippen LogP contribution is 2.27. The summed E-state index contributed by atoms with van der Waals surface area (Å²) in [5.41, 5.74) is 11.4. The number of carbonyl (C=O) groups is 1. The number of hydrogen-bond acceptors (Lipinski definition) is 4. The third-order valence-electron chi connectivity index (χ3n) is 1.85. The number of nitrogens with zero attached hydrogens (tertiary/aromatic N) is 2. The molecule has 0 aliphatic rings. The molecule has 0 saturated heterocycles. The number of aromatic nitrogens is 1. The molecule has 0 atom stereocenters. The standard InChI is InChI=1S/C8H11ClN4O2/c1-2-13(8(14)15)5-3-4(10)6(11)7(9)12-5/h3H,2,11H2,1H3,(H2,10,12)(H,14,15). The summed E-state index contributed by atoms with van der Waals surface area (Å²) in [6.07, 6.45) is -1.12. The van der Waals surface area contributed by atoms with E-state index in [0.29, 0.717) is 0 Å². The Kier molecular flexibility index (Phi) is 3.21. The van der Waals surface area contributed by atoms with Crippen molar-refractivity contribution < 1.29 is 9.90 Å². The zero-order valence-corrected chi connectivity index (χ0v) is 8.82. The van der Waals surface area contributed by atoms with Gasteiger partial charge in [0, 0.05) is 12.6 Å². The molecule has 1 rings (SSSR count). The van der Waals surface area contributed by atoms with Gasteiger partial charge in [-0.2, -0.15) is 0 Å². The fourth-order valence-corrected chi connectivity index (χ4v) is 1.26. The van der Waals surface area contributed by atoms with Crippen molar-refractivity contribution in [1.29, 1.82) is 0 Å². The fourth-order valence-electron chi connectivity index (χ4n) is 1.06. The second kappa shape index (κ2) is 4.22. The fraction of sp³-hybridized carbons (Fsp3) is 0.250. The summed E-state index contributed by atoms with van der Waals surface area (Å²) in [6.45, 7) is 1.93. The van der Waals surface area contributed by atoms with Gasteiger partial charge in [-0.3, -0.25) is 4.90 Å². The molecule has 6 nitrogen and oxygen atoms in total. The van der Waals surface area contributed by atoms with Crippen molar-refractivity contribution in [2.45, 2.75) is 6.92 Å². The van der Waals surface area contributed by atoms with Crippen molar-refractivity contribution in [3.05, 3.63) is 11.2 Å². The Hall–Kier alpha value is -1.69. The molecule has 0 aliphatic heterocycles. The molecule has 0 aliphatic carbocycles. The molecule has 0 radical (unpaired) electrons. The molecule has 0 fully saturated rings. The lowest BCUT2D eigenvalue weighted by molar-refractivity contribution is 0.202. The molecule has 1 heterocycles. The van der Waals surface area contributed by atoms with Crippen LogP contribution in [0.2, 0.25) is 5.15 Å². The summed E-state index contributed by atoms with van der Waals surface area (Å²) >= 11 is 5.69. The predicted octanol–water partition coefficient (Wildman–Crippen LogP) is 1.40. The van der Waals surface area contributed by atoms with E-state index in [1.165, 1.54) is 6.07 Å². The topological polar surface area (TPSA) is 105 Å².